The van der Waals surface area contributed by atoms with Crippen molar-refractivity contribution in [1.29, 1.82) is 0 Å². The number of hydrogen-bond acceptors (Lipinski definition) is 9. The van der Waals surface area contributed by atoms with E-state index in [0.717, 1.165) is 0 Å². The first kappa shape index (κ1) is 21.0. The average molecular weight is 354 g/mol. The van der Waals surface area contributed by atoms with Crippen LogP contribution >= 0.6 is 21.6 Å². The highest BCUT2D eigenvalue weighted by Crippen LogP contribution is 2.32. The van der Waals surface area contributed by atoms with Gasteiger partial charge in [0, 0.05) is 0 Å². The summed E-state index contributed by atoms with van der Waals surface area (Å²) in [4.78, 5) is 33.6. The molecule has 0 aliphatic heterocycles. The lowest BCUT2D eigenvalue weighted by Gasteiger charge is -2.20. The fourth-order valence-electron chi connectivity index (χ4n) is 1.07. The monoisotopic (exact) mass is 354 g/mol. The molecule has 8 nitrogen and oxygen atoms in total. The van der Waals surface area contributed by atoms with Gasteiger partial charge in [-0.25, -0.2) is 0 Å². The van der Waals surface area contributed by atoms with Crippen LogP contribution in [0.2, 0.25) is 0 Å². The number of aliphatic hydroxyl groups excluding tert-OH is 1. The van der Waals surface area contributed by atoms with E-state index in [-0.39, 0.29) is 24.2 Å². The van der Waals surface area contributed by atoms with E-state index in [1.807, 2.05) is 0 Å². The molecule has 3 unspecified atom stereocenters. The maximum Gasteiger partial charge on any atom is 0.325 e. The molecule has 0 heterocycles. The fraction of sp³-hybridized carbons (Fsp3) is 0.750. The molecule has 0 aromatic carbocycles. The lowest BCUT2D eigenvalue weighted by atomic mass is 10.4. The molecule has 0 spiro atoms. The van der Waals surface area contributed by atoms with E-state index < -0.39 is 23.4 Å². The Kier molecular flexibility index (Phi) is 11.1. The molecule has 10 heteroatoms. The van der Waals surface area contributed by atoms with Crippen molar-refractivity contribution in [2.45, 2.75) is 30.6 Å². The predicted octanol–water partition coefficient (Wildman–Crippen LogP) is -0.485. The Labute approximate surface area is 137 Å². The second kappa shape index (κ2) is 11.6. The summed E-state index contributed by atoms with van der Waals surface area (Å²) < 4.78 is 8.87. The zero-order chi connectivity index (χ0) is 17.1. The molecule has 22 heavy (non-hydrogen) atoms. The lowest BCUT2D eigenvalue weighted by molar-refractivity contribution is -0.141. The van der Waals surface area contributed by atoms with Crippen molar-refractivity contribution in [3.05, 3.63) is 0 Å². The second-order valence-electron chi connectivity index (χ2n) is 4.24. The van der Waals surface area contributed by atoms with Crippen LogP contribution in [0.25, 0.3) is 0 Å². The number of ether oxygens (including phenoxy) is 2. The van der Waals surface area contributed by atoms with Gasteiger partial charge >= 0.3 is 11.9 Å². The van der Waals surface area contributed by atoms with Crippen molar-refractivity contribution >= 4 is 39.4 Å². The number of nitrogens with one attached hydrogen (secondary N) is 2. The fourth-order valence-corrected chi connectivity index (χ4v) is 3.39. The van der Waals surface area contributed by atoms with Gasteiger partial charge in [0.1, 0.15) is 12.8 Å². The highest BCUT2D eigenvalue weighted by Gasteiger charge is 2.20. The number of carbonyl (C=O) groups excluding carboxylic acids is 3. The molecule has 3 N–H and O–H groups in total. The third-order valence-corrected chi connectivity index (χ3v) is 5.77. The van der Waals surface area contributed by atoms with Gasteiger partial charge in [0.25, 0.3) is 0 Å². The third-order valence-electron chi connectivity index (χ3n) is 2.48. The zero-order valence-electron chi connectivity index (χ0n) is 13.0. The summed E-state index contributed by atoms with van der Waals surface area (Å²) in [7, 11) is 5.06. The van der Waals surface area contributed by atoms with Gasteiger partial charge < -0.3 is 19.9 Å². The van der Waals surface area contributed by atoms with Crippen molar-refractivity contribution in [3.63, 3.8) is 0 Å². The van der Waals surface area contributed by atoms with Crippen LogP contribution < -0.4 is 10.6 Å². The minimum atomic E-state index is -0.915. The van der Waals surface area contributed by atoms with E-state index in [4.69, 9.17) is 0 Å². The molecule has 0 saturated carbocycles. The van der Waals surface area contributed by atoms with Crippen molar-refractivity contribution in [2.24, 2.45) is 0 Å². The van der Waals surface area contributed by atoms with E-state index in [1.165, 1.54) is 35.8 Å². The van der Waals surface area contributed by atoms with Gasteiger partial charge in [-0.1, -0.05) is 21.6 Å². The highest BCUT2D eigenvalue weighted by molar-refractivity contribution is 8.77. The molecular formula is C12H22N2O6S2. The molecule has 3 atom stereocenters. The van der Waals surface area contributed by atoms with Crippen LogP contribution in [-0.2, 0) is 23.9 Å². The summed E-state index contributed by atoms with van der Waals surface area (Å²) in [6, 6.07) is 0. The SMILES string of the molecule is COC(=O)CNC(=O)C(C)SSC(C)C(O)NCC(=O)OC. The molecule has 0 saturated heterocycles. The molecule has 0 fully saturated rings. The third kappa shape index (κ3) is 9.13. The average Bonchev–Trinajstić information content (AvgIpc) is 2.53. The van der Waals surface area contributed by atoms with Crippen LogP contribution in [0, 0.1) is 0 Å². The van der Waals surface area contributed by atoms with Gasteiger partial charge in [0.2, 0.25) is 5.91 Å². The minimum Gasteiger partial charge on any atom is -0.468 e. The maximum absolute atomic E-state index is 11.7. The number of methoxy groups -OCH3 is 2. The summed E-state index contributed by atoms with van der Waals surface area (Å²) in [6.07, 6.45) is -0.915. The molecule has 0 aliphatic rings. The molecular weight excluding hydrogens is 332 g/mol. The summed E-state index contributed by atoms with van der Waals surface area (Å²) in [6.45, 7) is 3.17. The smallest absolute Gasteiger partial charge is 0.325 e. The Morgan fingerprint density at radius 3 is 2.14 bits per heavy atom. The first-order valence-electron chi connectivity index (χ1n) is 6.46. The summed E-state index contributed by atoms with van der Waals surface area (Å²) in [5, 5.41) is 14.2. The molecule has 0 aromatic rings. The van der Waals surface area contributed by atoms with Gasteiger partial charge in [-0.3, -0.25) is 19.7 Å². The van der Waals surface area contributed by atoms with Gasteiger partial charge in [0.05, 0.1) is 31.3 Å². The molecule has 0 rings (SSSR count). The summed E-state index contributed by atoms with van der Waals surface area (Å²) in [5.41, 5.74) is 0. The Balaban J connectivity index is 4.01. The highest BCUT2D eigenvalue weighted by atomic mass is 33.1. The number of esters is 2. The Morgan fingerprint density at radius 1 is 1.05 bits per heavy atom. The number of carbonyl (C=O) groups is 3. The van der Waals surface area contributed by atoms with Crippen molar-refractivity contribution in [3.8, 4) is 0 Å². The van der Waals surface area contributed by atoms with E-state index >= 15 is 0 Å². The molecule has 128 valence electrons. The first-order valence-corrected chi connectivity index (χ1v) is 8.74. The van der Waals surface area contributed by atoms with Crippen molar-refractivity contribution in [2.75, 3.05) is 27.3 Å². The number of rotatable bonds is 10. The van der Waals surface area contributed by atoms with Gasteiger partial charge in [-0.15, -0.1) is 0 Å². The van der Waals surface area contributed by atoms with E-state index in [2.05, 4.69) is 20.1 Å². The summed E-state index contributed by atoms with van der Waals surface area (Å²) >= 11 is 0. The van der Waals surface area contributed by atoms with Gasteiger partial charge in [-0.2, -0.15) is 0 Å². The van der Waals surface area contributed by atoms with Crippen LogP contribution in [0.1, 0.15) is 13.8 Å². The topological polar surface area (TPSA) is 114 Å². The van der Waals surface area contributed by atoms with E-state index in [1.54, 1.807) is 13.8 Å². The van der Waals surface area contributed by atoms with Gasteiger partial charge in [-0.05, 0) is 13.8 Å². The predicted molar refractivity (Wildman–Crippen MR) is 85.2 cm³/mol. The van der Waals surface area contributed by atoms with Crippen LogP contribution in [0.4, 0.5) is 0 Å². The Morgan fingerprint density at radius 2 is 1.59 bits per heavy atom. The number of amides is 1. The van der Waals surface area contributed by atoms with E-state index in [0.29, 0.717) is 0 Å². The molecule has 0 aliphatic carbocycles. The largest absolute Gasteiger partial charge is 0.468 e. The van der Waals surface area contributed by atoms with Crippen LogP contribution in [0.3, 0.4) is 0 Å². The quantitative estimate of drug-likeness (QED) is 0.272. The van der Waals surface area contributed by atoms with Crippen LogP contribution in [-0.4, -0.2) is 67.0 Å². The van der Waals surface area contributed by atoms with Crippen molar-refractivity contribution in [1.82, 2.24) is 10.6 Å². The second-order valence-corrected chi connectivity index (χ2v) is 7.23. The van der Waals surface area contributed by atoms with Crippen LogP contribution in [0.5, 0.6) is 0 Å². The first-order chi connectivity index (χ1) is 10.3. The minimum absolute atomic E-state index is 0.0948. The molecule has 0 bridgehead atoms. The number of aliphatic hydroxyl groups is 1. The van der Waals surface area contributed by atoms with E-state index in [9.17, 15) is 19.5 Å². The molecule has 0 aromatic heterocycles. The zero-order valence-corrected chi connectivity index (χ0v) is 14.6. The number of hydrogen-bond donors (Lipinski definition) is 3. The lowest BCUT2D eigenvalue weighted by Crippen LogP contribution is -2.40. The van der Waals surface area contributed by atoms with Crippen molar-refractivity contribution < 1.29 is 29.0 Å². The normalized spacial score (nSPS) is 14.6. The Hall–Kier alpha value is -0.970. The van der Waals surface area contributed by atoms with Gasteiger partial charge in [0.15, 0.2) is 0 Å². The molecule has 0 radical (unpaired) electrons. The maximum atomic E-state index is 11.7. The summed E-state index contributed by atoms with van der Waals surface area (Å²) in [5.74, 6) is -1.29. The van der Waals surface area contributed by atoms with Crippen LogP contribution in [0.15, 0.2) is 0 Å². The Bertz CT molecular complexity index is 383. The molecule has 1 amide bonds. The standard InChI is InChI=1S/C12H22N2O6S2/c1-7(11(17)13-5-9(15)19-3)21-22-8(2)12(18)14-6-10(16)20-4/h7-8,11,13,17H,5-6H2,1-4H3,(H,14,18).